The molecule has 31 heavy (non-hydrogen) atoms. The summed E-state index contributed by atoms with van der Waals surface area (Å²) < 4.78 is 16.0. The van der Waals surface area contributed by atoms with Gasteiger partial charge < -0.3 is 9.88 Å². The Balaban J connectivity index is 1.77. The van der Waals surface area contributed by atoms with Gasteiger partial charge >= 0.3 is 0 Å². The van der Waals surface area contributed by atoms with E-state index < -0.39 is 9.71 Å². The third-order valence-corrected chi connectivity index (χ3v) is 8.25. The minimum atomic E-state index is -2.38. The van der Waals surface area contributed by atoms with E-state index in [2.05, 4.69) is 81.4 Å². The van der Waals surface area contributed by atoms with Gasteiger partial charge in [0, 0.05) is 46.5 Å². The van der Waals surface area contributed by atoms with Gasteiger partial charge in [0.05, 0.1) is 18.6 Å². The summed E-state index contributed by atoms with van der Waals surface area (Å²) in [4.78, 5) is 9.84. The molecule has 5 nitrogen and oxygen atoms in total. The summed E-state index contributed by atoms with van der Waals surface area (Å²) in [6.07, 6.45) is 5.30. The summed E-state index contributed by atoms with van der Waals surface area (Å²) >= 11 is 0. The maximum atomic E-state index is 13.8. The van der Waals surface area contributed by atoms with Crippen LogP contribution in [0.1, 0.15) is 35.7 Å². The maximum Gasteiger partial charge on any atom is 0.0922 e. The van der Waals surface area contributed by atoms with Crippen LogP contribution in [0.5, 0.6) is 0 Å². The molecule has 2 heterocycles. The predicted molar refractivity (Wildman–Crippen MR) is 131 cm³/mol. The molecule has 0 saturated heterocycles. The Kier molecular flexibility index (Phi) is 6.49. The highest BCUT2D eigenvalue weighted by Gasteiger charge is 2.32. The van der Waals surface area contributed by atoms with Crippen LogP contribution in [0.3, 0.4) is 0 Å². The van der Waals surface area contributed by atoms with Crippen LogP contribution >= 0.6 is 0 Å². The van der Waals surface area contributed by atoms with E-state index in [9.17, 15) is 4.21 Å². The average Bonchev–Trinajstić information content (AvgIpc) is 3.19. The summed E-state index contributed by atoms with van der Waals surface area (Å²) in [6.45, 7) is 6.36. The number of anilines is 1. The fourth-order valence-corrected chi connectivity index (χ4v) is 6.43. The second-order valence-corrected chi connectivity index (χ2v) is 10.9. The third kappa shape index (κ3) is 5.02. The van der Waals surface area contributed by atoms with E-state index in [0.717, 1.165) is 31.6 Å². The predicted octanol–water partition coefficient (Wildman–Crippen LogP) is 4.19. The van der Waals surface area contributed by atoms with Crippen molar-refractivity contribution in [2.24, 2.45) is 0 Å². The molecule has 0 radical (unpaired) electrons. The van der Waals surface area contributed by atoms with Crippen molar-refractivity contribution in [2.75, 3.05) is 17.2 Å². The molecule has 1 N–H and O–H groups in total. The number of aryl methyl sites for hydroxylation is 1. The number of H-pyrrole nitrogens is 1. The van der Waals surface area contributed by atoms with Crippen LogP contribution < -0.4 is 4.90 Å². The first-order chi connectivity index (χ1) is 15.0. The van der Waals surface area contributed by atoms with E-state index in [4.69, 9.17) is 0 Å². The van der Waals surface area contributed by atoms with Crippen molar-refractivity contribution in [1.82, 2.24) is 14.3 Å². The topological polar surface area (TPSA) is 52.2 Å². The molecule has 0 aliphatic carbocycles. The zero-order valence-corrected chi connectivity index (χ0v) is 19.3. The summed E-state index contributed by atoms with van der Waals surface area (Å²) in [5, 5.41) is 0. The molecule has 4 rings (SSSR count). The number of imidazole rings is 1. The van der Waals surface area contributed by atoms with Gasteiger partial charge in [0.2, 0.25) is 0 Å². The van der Waals surface area contributed by atoms with Gasteiger partial charge in [0.15, 0.2) is 0 Å². The monoisotopic (exact) mass is 436 g/mol. The first kappa shape index (κ1) is 21.7. The Morgan fingerprint density at radius 2 is 2.03 bits per heavy atom. The van der Waals surface area contributed by atoms with Crippen LogP contribution in [-0.2, 0) is 29.2 Å². The van der Waals surface area contributed by atoms with E-state index in [0.29, 0.717) is 12.3 Å². The lowest BCUT2D eigenvalue weighted by molar-refractivity contribution is 0.334. The van der Waals surface area contributed by atoms with Crippen LogP contribution in [-0.4, -0.2) is 42.7 Å². The number of nitrogens with zero attached hydrogens (tertiary/aromatic N) is 3. The molecule has 1 aromatic heterocycles. The van der Waals surface area contributed by atoms with Gasteiger partial charge in [-0.2, -0.15) is 0 Å². The van der Waals surface area contributed by atoms with Crippen LogP contribution in [0.4, 0.5) is 5.69 Å². The second-order valence-electron chi connectivity index (χ2n) is 8.48. The number of rotatable bonds is 7. The van der Waals surface area contributed by atoms with Crippen molar-refractivity contribution < 1.29 is 4.21 Å². The number of hydrogen-bond acceptors (Lipinski definition) is 3. The highest BCUT2D eigenvalue weighted by atomic mass is 32.2. The van der Waals surface area contributed by atoms with Crippen LogP contribution in [0.25, 0.3) is 0 Å². The SMILES string of the molecule is C=S(=O)(CCC)N1Cc2cc(C)ccc2N(Cc2cnc[nH]2)C[C@H]1Cc1ccccc1. The highest BCUT2D eigenvalue weighted by Crippen LogP contribution is 2.32. The molecule has 0 fully saturated rings. The minimum Gasteiger partial charge on any atom is -0.364 e. The zero-order valence-electron chi connectivity index (χ0n) is 18.5. The van der Waals surface area contributed by atoms with Crippen molar-refractivity contribution in [2.45, 2.75) is 45.8 Å². The molecule has 2 aromatic carbocycles. The van der Waals surface area contributed by atoms with Gasteiger partial charge in [-0.05, 0) is 42.8 Å². The molecule has 1 unspecified atom stereocenters. The van der Waals surface area contributed by atoms with E-state index in [1.807, 2.05) is 12.3 Å². The van der Waals surface area contributed by atoms with E-state index in [1.165, 1.54) is 22.4 Å². The fraction of sp³-hybridized carbons (Fsp3) is 0.360. The summed E-state index contributed by atoms with van der Waals surface area (Å²) in [5.74, 6) is 4.84. The van der Waals surface area contributed by atoms with Crippen molar-refractivity contribution in [3.8, 4) is 0 Å². The molecule has 6 heteroatoms. The summed E-state index contributed by atoms with van der Waals surface area (Å²) in [7, 11) is -2.38. The van der Waals surface area contributed by atoms with Gasteiger partial charge in [-0.15, -0.1) is 0 Å². The smallest absolute Gasteiger partial charge is 0.0922 e. The second kappa shape index (κ2) is 9.28. The van der Waals surface area contributed by atoms with Crippen LogP contribution in [0.15, 0.2) is 61.1 Å². The van der Waals surface area contributed by atoms with E-state index in [-0.39, 0.29) is 6.04 Å². The first-order valence-corrected chi connectivity index (χ1v) is 12.8. The first-order valence-electron chi connectivity index (χ1n) is 10.9. The van der Waals surface area contributed by atoms with Gasteiger partial charge in [0.1, 0.15) is 0 Å². The van der Waals surface area contributed by atoms with Crippen LogP contribution in [0, 0.1) is 6.92 Å². The number of nitrogens with one attached hydrogen (secondary N) is 1. The summed E-state index contributed by atoms with van der Waals surface area (Å²) in [5.41, 5.74) is 5.96. The zero-order chi connectivity index (χ0) is 21.8. The summed E-state index contributed by atoms with van der Waals surface area (Å²) in [6, 6.07) is 17.2. The minimum absolute atomic E-state index is 0.0922. The number of aromatic nitrogens is 2. The maximum absolute atomic E-state index is 13.8. The van der Waals surface area contributed by atoms with Crippen molar-refractivity contribution in [1.29, 1.82) is 0 Å². The molecular weight excluding hydrogens is 404 g/mol. The lowest BCUT2D eigenvalue weighted by Crippen LogP contribution is -2.46. The number of fused-ring (bicyclic) bond motifs is 1. The Hall–Kier alpha value is -2.57. The fourth-order valence-electron chi connectivity index (χ4n) is 4.49. The molecule has 0 amide bonds. The van der Waals surface area contributed by atoms with Gasteiger partial charge in [0.25, 0.3) is 0 Å². The number of aromatic amines is 1. The largest absolute Gasteiger partial charge is 0.364 e. The number of hydrogen-bond donors (Lipinski definition) is 1. The standard InChI is InChI=1S/C25H32N4OS/c1-4-12-31(3,30)29-16-22-13-20(2)10-11-25(22)28(17-23-15-26-19-27-23)18-24(29)14-21-8-6-5-7-9-21/h5-11,13,15,19,24H,3-4,12,14,16-18H2,1-2H3,(H,26,27)/t24-,31?/m1/s1. The molecule has 0 spiro atoms. The lowest BCUT2D eigenvalue weighted by Gasteiger charge is -2.34. The molecule has 164 valence electrons. The van der Waals surface area contributed by atoms with E-state index >= 15 is 0 Å². The number of benzene rings is 2. The Bertz CT molecular complexity index is 1090. The van der Waals surface area contributed by atoms with Crippen molar-refractivity contribution >= 4 is 21.3 Å². The third-order valence-electron chi connectivity index (χ3n) is 5.92. The van der Waals surface area contributed by atoms with Gasteiger partial charge in [-0.25, -0.2) is 9.29 Å². The average molecular weight is 437 g/mol. The molecule has 1 aliphatic rings. The quantitative estimate of drug-likeness (QED) is 0.565. The van der Waals surface area contributed by atoms with Gasteiger partial charge in [-0.1, -0.05) is 55.0 Å². The van der Waals surface area contributed by atoms with Crippen LogP contribution in [0.2, 0.25) is 0 Å². The van der Waals surface area contributed by atoms with Crippen molar-refractivity contribution in [3.05, 3.63) is 83.4 Å². The Morgan fingerprint density at radius 3 is 2.74 bits per heavy atom. The van der Waals surface area contributed by atoms with Crippen molar-refractivity contribution in [3.63, 3.8) is 0 Å². The van der Waals surface area contributed by atoms with E-state index in [1.54, 1.807) is 6.33 Å². The Morgan fingerprint density at radius 1 is 1.23 bits per heavy atom. The molecule has 0 bridgehead atoms. The normalized spacial score (nSPS) is 18.9. The highest BCUT2D eigenvalue weighted by molar-refractivity contribution is 7.98. The Labute approximate surface area is 186 Å². The molecule has 3 aromatic rings. The molecule has 2 atom stereocenters. The lowest BCUT2D eigenvalue weighted by atomic mass is 10.1. The molecular formula is C25H32N4OS. The molecule has 1 aliphatic heterocycles. The molecule has 0 saturated carbocycles. The van der Waals surface area contributed by atoms with Gasteiger partial charge in [-0.3, -0.25) is 4.21 Å².